The molecule has 0 aromatic carbocycles. The number of rotatable bonds is 5. The molecule has 0 aromatic rings. The molecular weight excluding hydrogens is 306 g/mol. The molecule has 0 aliphatic carbocycles. The van der Waals surface area contributed by atoms with Crippen LogP contribution in [-0.2, 0) is 0 Å². The second kappa shape index (κ2) is 7.13. The Labute approximate surface area is 157 Å². The summed E-state index contributed by atoms with van der Waals surface area (Å²) in [6, 6.07) is 1.37. The van der Waals surface area contributed by atoms with Gasteiger partial charge in [-0.1, -0.05) is 13.3 Å². The van der Waals surface area contributed by atoms with Crippen molar-refractivity contribution in [1.82, 2.24) is 15.5 Å². The predicted molar refractivity (Wildman–Crippen MR) is 110 cm³/mol. The quantitative estimate of drug-likeness (QED) is 0.751. The van der Waals surface area contributed by atoms with Crippen LogP contribution in [0.2, 0.25) is 0 Å². The lowest BCUT2D eigenvalue weighted by molar-refractivity contribution is -0.00272. The van der Waals surface area contributed by atoms with Crippen LogP contribution in [0, 0.1) is 0 Å². The van der Waals surface area contributed by atoms with Crippen molar-refractivity contribution in [2.75, 3.05) is 6.54 Å². The molecule has 0 aromatic heterocycles. The van der Waals surface area contributed by atoms with Crippen LogP contribution in [0.4, 0.5) is 0 Å². The fourth-order valence-corrected chi connectivity index (χ4v) is 6.01. The fraction of sp³-hybridized carbons (Fsp3) is 1.00. The molecule has 0 unspecified atom stereocenters. The van der Waals surface area contributed by atoms with Gasteiger partial charge in [0.05, 0.1) is 0 Å². The zero-order valence-electron chi connectivity index (χ0n) is 18.6. The van der Waals surface area contributed by atoms with Crippen molar-refractivity contribution < 1.29 is 0 Å². The van der Waals surface area contributed by atoms with E-state index in [1.54, 1.807) is 0 Å². The molecule has 2 rings (SSSR count). The monoisotopic (exact) mass is 351 g/mol. The minimum absolute atomic E-state index is 0.217. The molecule has 25 heavy (non-hydrogen) atoms. The van der Waals surface area contributed by atoms with Crippen molar-refractivity contribution in [1.29, 1.82) is 0 Å². The van der Waals surface area contributed by atoms with Crippen molar-refractivity contribution in [3.63, 3.8) is 0 Å². The molecule has 148 valence electrons. The average molecular weight is 352 g/mol. The molecule has 2 aliphatic rings. The molecule has 0 saturated carbocycles. The van der Waals surface area contributed by atoms with E-state index in [2.05, 4.69) is 77.8 Å². The summed E-state index contributed by atoms with van der Waals surface area (Å²) in [4.78, 5) is 2.91. The van der Waals surface area contributed by atoms with Gasteiger partial charge in [0.15, 0.2) is 0 Å². The maximum atomic E-state index is 3.87. The Morgan fingerprint density at radius 1 is 0.680 bits per heavy atom. The van der Waals surface area contributed by atoms with Crippen molar-refractivity contribution >= 4 is 0 Å². The smallest absolute Gasteiger partial charge is 0.0145 e. The van der Waals surface area contributed by atoms with E-state index in [0.717, 1.165) is 0 Å². The molecular formula is C22H45N3. The highest BCUT2D eigenvalue weighted by Gasteiger charge is 2.45. The zero-order valence-corrected chi connectivity index (χ0v) is 18.6. The lowest BCUT2D eigenvalue weighted by Crippen LogP contribution is -2.67. The molecule has 0 bridgehead atoms. The summed E-state index contributed by atoms with van der Waals surface area (Å²) in [5, 5.41) is 7.74. The molecule has 2 fully saturated rings. The third-order valence-corrected chi connectivity index (χ3v) is 6.05. The van der Waals surface area contributed by atoms with Crippen LogP contribution in [0.15, 0.2) is 0 Å². The molecule has 2 N–H and O–H groups in total. The van der Waals surface area contributed by atoms with Gasteiger partial charge in [-0.15, -0.1) is 0 Å². The molecule has 2 saturated heterocycles. The Kier molecular flexibility index (Phi) is 6.04. The highest BCUT2D eigenvalue weighted by Crippen LogP contribution is 2.37. The first-order valence-corrected chi connectivity index (χ1v) is 10.6. The predicted octanol–water partition coefficient (Wildman–Crippen LogP) is 4.71. The molecule has 0 spiro atoms. The topological polar surface area (TPSA) is 27.3 Å². The van der Waals surface area contributed by atoms with Gasteiger partial charge in [-0.05, 0) is 94.0 Å². The molecule has 3 nitrogen and oxygen atoms in total. The Bertz CT molecular complexity index is 380. The van der Waals surface area contributed by atoms with Crippen molar-refractivity contribution in [2.24, 2.45) is 0 Å². The van der Waals surface area contributed by atoms with Gasteiger partial charge in [0.25, 0.3) is 0 Å². The molecule has 0 amide bonds. The second-order valence-corrected chi connectivity index (χ2v) is 11.5. The summed E-state index contributed by atoms with van der Waals surface area (Å²) in [7, 11) is 0. The summed E-state index contributed by atoms with van der Waals surface area (Å²) in [6.45, 7) is 22.7. The summed E-state index contributed by atoms with van der Waals surface area (Å²) < 4.78 is 0. The molecule has 2 aliphatic heterocycles. The first kappa shape index (κ1) is 21.2. The Morgan fingerprint density at radius 3 is 1.28 bits per heavy atom. The highest BCUT2D eigenvalue weighted by molar-refractivity contribution is 5.05. The van der Waals surface area contributed by atoms with Crippen molar-refractivity contribution in [3.8, 4) is 0 Å². The normalized spacial score (nSPS) is 29.0. The van der Waals surface area contributed by atoms with Gasteiger partial charge in [-0.2, -0.15) is 0 Å². The van der Waals surface area contributed by atoms with E-state index in [9.17, 15) is 0 Å². The van der Waals surface area contributed by atoms with Gasteiger partial charge >= 0.3 is 0 Å². The zero-order chi connectivity index (χ0) is 19.1. The Hall–Kier alpha value is -0.120. The SMILES string of the molecule is CCCCN(C1CC(C)(C)NC(C)(C)C1)C1CC(C)(C)NC(C)(C)C1. The number of hydrogen-bond donors (Lipinski definition) is 2. The minimum atomic E-state index is 0.217. The Morgan fingerprint density at radius 2 is 1.00 bits per heavy atom. The maximum absolute atomic E-state index is 3.87. The summed E-state index contributed by atoms with van der Waals surface area (Å²) in [6.07, 6.45) is 7.62. The first-order chi connectivity index (χ1) is 11.2. The van der Waals surface area contributed by atoms with Crippen LogP contribution in [0.3, 0.4) is 0 Å². The number of nitrogens with zero attached hydrogens (tertiary/aromatic N) is 1. The molecule has 0 radical (unpaired) electrons. The van der Waals surface area contributed by atoms with E-state index in [-0.39, 0.29) is 22.2 Å². The van der Waals surface area contributed by atoms with Gasteiger partial charge < -0.3 is 10.6 Å². The van der Waals surface area contributed by atoms with Crippen LogP contribution in [-0.4, -0.2) is 45.7 Å². The van der Waals surface area contributed by atoms with E-state index in [1.807, 2.05) is 0 Å². The largest absolute Gasteiger partial charge is 0.307 e. The fourth-order valence-electron chi connectivity index (χ4n) is 6.01. The van der Waals surface area contributed by atoms with Gasteiger partial charge in [-0.25, -0.2) is 0 Å². The average Bonchev–Trinajstić information content (AvgIpc) is 2.31. The lowest BCUT2D eigenvalue weighted by atomic mass is 9.75. The maximum Gasteiger partial charge on any atom is 0.0145 e. The van der Waals surface area contributed by atoms with Crippen LogP contribution < -0.4 is 10.6 Å². The van der Waals surface area contributed by atoms with Crippen molar-refractivity contribution in [2.45, 2.75) is 135 Å². The van der Waals surface area contributed by atoms with Gasteiger partial charge in [0, 0.05) is 34.2 Å². The summed E-state index contributed by atoms with van der Waals surface area (Å²) in [5.74, 6) is 0. The number of nitrogens with one attached hydrogen (secondary N) is 2. The Balaban J connectivity index is 2.26. The summed E-state index contributed by atoms with van der Waals surface area (Å²) >= 11 is 0. The number of unbranched alkanes of at least 4 members (excludes halogenated alkanes) is 1. The molecule has 2 heterocycles. The highest BCUT2D eigenvalue weighted by atomic mass is 15.2. The lowest BCUT2D eigenvalue weighted by Gasteiger charge is -2.55. The standard InChI is InChI=1S/C22H45N3/c1-10-11-12-25(17-13-19(2,3)23-20(4,5)14-17)18-15-21(6,7)24-22(8,9)16-18/h17-18,23-24H,10-16H2,1-9H3. The van der Waals surface area contributed by atoms with E-state index >= 15 is 0 Å². The van der Waals surface area contributed by atoms with Crippen molar-refractivity contribution in [3.05, 3.63) is 0 Å². The van der Waals surface area contributed by atoms with E-state index in [1.165, 1.54) is 45.1 Å². The minimum Gasteiger partial charge on any atom is -0.307 e. The first-order valence-electron chi connectivity index (χ1n) is 10.6. The van der Waals surface area contributed by atoms with E-state index < -0.39 is 0 Å². The van der Waals surface area contributed by atoms with Crippen LogP contribution in [0.5, 0.6) is 0 Å². The van der Waals surface area contributed by atoms with Crippen LogP contribution in [0.1, 0.15) is 101 Å². The van der Waals surface area contributed by atoms with E-state index in [0.29, 0.717) is 12.1 Å². The molecule has 0 atom stereocenters. The summed E-state index contributed by atoms with van der Waals surface area (Å²) in [5.41, 5.74) is 0.868. The van der Waals surface area contributed by atoms with Gasteiger partial charge in [-0.3, -0.25) is 4.90 Å². The second-order valence-electron chi connectivity index (χ2n) is 11.5. The third kappa shape index (κ3) is 5.94. The molecule has 3 heteroatoms. The van der Waals surface area contributed by atoms with Crippen LogP contribution >= 0.6 is 0 Å². The van der Waals surface area contributed by atoms with Gasteiger partial charge in [0.2, 0.25) is 0 Å². The number of hydrogen-bond acceptors (Lipinski definition) is 3. The van der Waals surface area contributed by atoms with Crippen LogP contribution in [0.25, 0.3) is 0 Å². The van der Waals surface area contributed by atoms with Gasteiger partial charge in [0.1, 0.15) is 0 Å². The van der Waals surface area contributed by atoms with E-state index in [4.69, 9.17) is 0 Å². The third-order valence-electron chi connectivity index (χ3n) is 6.05. The number of piperidine rings is 2.